The number of esters is 1. The molecule has 0 saturated heterocycles. The number of rotatable bonds is 9. The standard InChI is InChI=1S/C31H34N4O4/c1-5-21-13-19-24(20-14-21)35-28(33-26-12-10-9-11-25(26)29(35)36)27(6-2)34(7-3)31(38)32-23-17-15-22(16-18-23)30(37)39-8-4/h9-20,27H,5-8H2,1-4H3,(H,32,38). The SMILES string of the molecule is CCOC(=O)c1ccc(NC(=O)N(CC)C(CC)c2nc3ccccc3c(=O)n2-c2ccc(CC)cc2)cc1. The van der Waals surface area contributed by atoms with Crippen molar-refractivity contribution in [3.05, 3.63) is 100 Å². The molecule has 1 N–H and O–H groups in total. The summed E-state index contributed by atoms with van der Waals surface area (Å²) in [5.41, 5.74) is 3.23. The molecular weight excluding hydrogens is 492 g/mol. The summed E-state index contributed by atoms with van der Waals surface area (Å²) in [5, 5.41) is 3.44. The summed E-state index contributed by atoms with van der Waals surface area (Å²) < 4.78 is 6.66. The number of carbonyl (C=O) groups excluding carboxylic acids is 2. The summed E-state index contributed by atoms with van der Waals surface area (Å²) in [6.45, 7) is 8.38. The van der Waals surface area contributed by atoms with Crippen LogP contribution in [0.15, 0.2) is 77.6 Å². The lowest BCUT2D eigenvalue weighted by Crippen LogP contribution is -2.40. The lowest BCUT2D eigenvalue weighted by molar-refractivity contribution is 0.0526. The van der Waals surface area contributed by atoms with Gasteiger partial charge < -0.3 is 15.0 Å². The van der Waals surface area contributed by atoms with Crippen LogP contribution in [-0.4, -0.2) is 39.6 Å². The van der Waals surface area contributed by atoms with Gasteiger partial charge >= 0.3 is 12.0 Å². The van der Waals surface area contributed by atoms with Crippen LogP contribution in [0.4, 0.5) is 10.5 Å². The summed E-state index contributed by atoms with van der Waals surface area (Å²) in [7, 11) is 0. The highest BCUT2D eigenvalue weighted by molar-refractivity contribution is 5.92. The van der Waals surface area contributed by atoms with E-state index < -0.39 is 12.0 Å². The Hall–Kier alpha value is -4.46. The summed E-state index contributed by atoms with van der Waals surface area (Å²) in [5.74, 6) is 0.0871. The molecular formula is C31H34N4O4. The summed E-state index contributed by atoms with van der Waals surface area (Å²) >= 11 is 0. The molecule has 0 saturated carbocycles. The third kappa shape index (κ3) is 5.85. The van der Waals surface area contributed by atoms with Crippen LogP contribution in [0, 0.1) is 0 Å². The average molecular weight is 527 g/mol. The second-order valence-electron chi connectivity index (χ2n) is 9.09. The Morgan fingerprint density at radius 2 is 1.64 bits per heavy atom. The molecule has 0 aliphatic rings. The average Bonchev–Trinajstić information content (AvgIpc) is 2.96. The van der Waals surface area contributed by atoms with Gasteiger partial charge in [0.25, 0.3) is 5.56 Å². The zero-order valence-electron chi connectivity index (χ0n) is 22.8. The number of amides is 2. The number of aryl methyl sites for hydroxylation is 1. The Morgan fingerprint density at radius 3 is 2.26 bits per heavy atom. The lowest BCUT2D eigenvalue weighted by atomic mass is 10.1. The first-order valence-corrected chi connectivity index (χ1v) is 13.4. The van der Waals surface area contributed by atoms with E-state index in [4.69, 9.17) is 9.72 Å². The van der Waals surface area contributed by atoms with Crippen LogP contribution in [-0.2, 0) is 11.2 Å². The van der Waals surface area contributed by atoms with Crippen molar-refractivity contribution in [3.8, 4) is 5.69 Å². The molecule has 1 aromatic heterocycles. The van der Waals surface area contributed by atoms with Crippen molar-refractivity contribution in [2.75, 3.05) is 18.5 Å². The van der Waals surface area contributed by atoms with Crippen LogP contribution in [0.2, 0.25) is 0 Å². The molecule has 0 radical (unpaired) electrons. The van der Waals surface area contributed by atoms with Gasteiger partial charge in [0.1, 0.15) is 5.82 Å². The number of ether oxygens (including phenoxy) is 1. The Balaban J connectivity index is 1.73. The summed E-state index contributed by atoms with van der Waals surface area (Å²) in [6, 6.07) is 20.9. The topological polar surface area (TPSA) is 93.5 Å². The second-order valence-corrected chi connectivity index (χ2v) is 9.09. The molecule has 2 amide bonds. The number of hydrogen-bond acceptors (Lipinski definition) is 5. The minimum Gasteiger partial charge on any atom is -0.462 e. The molecule has 0 bridgehead atoms. The van der Waals surface area contributed by atoms with Crippen LogP contribution in [0.3, 0.4) is 0 Å². The Labute approximate surface area is 228 Å². The van der Waals surface area contributed by atoms with E-state index in [1.165, 1.54) is 0 Å². The summed E-state index contributed by atoms with van der Waals surface area (Å²) in [4.78, 5) is 45.9. The first kappa shape index (κ1) is 27.6. The summed E-state index contributed by atoms with van der Waals surface area (Å²) in [6.07, 6.45) is 1.43. The number of anilines is 1. The monoisotopic (exact) mass is 526 g/mol. The molecule has 4 rings (SSSR count). The molecule has 1 unspecified atom stereocenters. The highest BCUT2D eigenvalue weighted by Gasteiger charge is 2.28. The molecule has 0 aliphatic carbocycles. The number of fused-ring (bicyclic) bond motifs is 1. The van der Waals surface area contributed by atoms with E-state index in [-0.39, 0.29) is 18.2 Å². The van der Waals surface area contributed by atoms with Gasteiger partial charge in [-0.25, -0.2) is 14.6 Å². The maximum Gasteiger partial charge on any atom is 0.338 e. The van der Waals surface area contributed by atoms with Crippen LogP contribution < -0.4 is 10.9 Å². The Bertz CT molecular complexity index is 1510. The van der Waals surface area contributed by atoms with Crippen molar-refractivity contribution in [2.24, 2.45) is 0 Å². The van der Waals surface area contributed by atoms with Crippen LogP contribution in [0.1, 0.15) is 61.9 Å². The zero-order valence-corrected chi connectivity index (χ0v) is 22.8. The van der Waals surface area contributed by atoms with Crippen molar-refractivity contribution in [2.45, 2.75) is 46.6 Å². The fourth-order valence-corrected chi connectivity index (χ4v) is 4.65. The molecule has 0 spiro atoms. The number of benzene rings is 3. The van der Waals surface area contributed by atoms with Crippen molar-refractivity contribution in [1.29, 1.82) is 0 Å². The van der Waals surface area contributed by atoms with Gasteiger partial charge in [0.15, 0.2) is 0 Å². The van der Waals surface area contributed by atoms with Gasteiger partial charge in [-0.1, -0.05) is 38.1 Å². The van der Waals surface area contributed by atoms with Crippen LogP contribution >= 0.6 is 0 Å². The van der Waals surface area contributed by atoms with Gasteiger partial charge in [-0.2, -0.15) is 0 Å². The maximum atomic E-state index is 13.8. The molecule has 0 fully saturated rings. The number of nitrogens with zero attached hydrogens (tertiary/aromatic N) is 3. The second kappa shape index (κ2) is 12.4. The largest absolute Gasteiger partial charge is 0.462 e. The van der Waals surface area contributed by atoms with Crippen LogP contribution in [0.25, 0.3) is 16.6 Å². The number of para-hydroxylation sites is 1. The molecule has 0 aliphatic heterocycles. The van der Waals surface area contributed by atoms with Gasteiger partial charge in [0, 0.05) is 12.2 Å². The smallest absolute Gasteiger partial charge is 0.338 e. The molecule has 8 nitrogen and oxygen atoms in total. The number of urea groups is 1. The molecule has 1 heterocycles. The number of hydrogen-bond donors (Lipinski definition) is 1. The molecule has 1 atom stereocenters. The minimum atomic E-state index is -0.475. The van der Waals surface area contributed by atoms with Crippen LogP contribution in [0.5, 0.6) is 0 Å². The van der Waals surface area contributed by atoms with Gasteiger partial charge in [-0.15, -0.1) is 0 Å². The van der Waals surface area contributed by atoms with E-state index in [1.54, 1.807) is 46.7 Å². The van der Waals surface area contributed by atoms with E-state index in [0.717, 1.165) is 12.0 Å². The highest BCUT2D eigenvalue weighted by atomic mass is 16.5. The highest BCUT2D eigenvalue weighted by Crippen LogP contribution is 2.27. The van der Waals surface area contributed by atoms with E-state index in [2.05, 4.69) is 12.2 Å². The van der Waals surface area contributed by atoms with Crippen molar-refractivity contribution < 1.29 is 14.3 Å². The maximum absolute atomic E-state index is 13.8. The first-order valence-electron chi connectivity index (χ1n) is 13.4. The quantitative estimate of drug-likeness (QED) is 0.265. The fourth-order valence-electron chi connectivity index (χ4n) is 4.65. The van der Waals surface area contributed by atoms with E-state index in [9.17, 15) is 14.4 Å². The predicted octanol–water partition coefficient (Wildman–Crippen LogP) is 6.13. The van der Waals surface area contributed by atoms with Crippen molar-refractivity contribution >= 4 is 28.6 Å². The molecule has 3 aromatic carbocycles. The van der Waals surface area contributed by atoms with Gasteiger partial charge in [0.05, 0.1) is 34.8 Å². The van der Waals surface area contributed by atoms with Gasteiger partial charge in [0.2, 0.25) is 0 Å². The van der Waals surface area contributed by atoms with E-state index in [0.29, 0.717) is 46.6 Å². The lowest BCUT2D eigenvalue weighted by Gasteiger charge is -2.31. The van der Waals surface area contributed by atoms with E-state index >= 15 is 0 Å². The number of aromatic nitrogens is 2. The Kier molecular flexibility index (Phi) is 8.76. The normalized spacial score (nSPS) is 11.7. The molecule has 39 heavy (non-hydrogen) atoms. The molecule has 8 heteroatoms. The zero-order chi connectivity index (χ0) is 27.9. The molecule has 4 aromatic rings. The van der Waals surface area contributed by atoms with Crippen molar-refractivity contribution in [1.82, 2.24) is 14.5 Å². The van der Waals surface area contributed by atoms with Gasteiger partial charge in [-0.05, 0) is 80.8 Å². The number of nitrogens with one attached hydrogen (secondary N) is 1. The number of carbonyl (C=O) groups is 2. The Morgan fingerprint density at radius 1 is 0.949 bits per heavy atom. The first-order chi connectivity index (χ1) is 18.9. The third-order valence-electron chi connectivity index (χ3n) is 6.71. The molecule has 202 valence electrons. The van der Waals surface area contributed by atoms with Crippen molar-refractivity contribution in [3.63, 3.8) is 0 Å². The fraction of sp³-hybridized carbons (Fsp3) is 0.290. The minimum absolute atomic E-state index is 0.177. The van der Waals surface area contributed by atoms with Gasteiger partial charge in [-0.3, -0.25) is 9.36 Å². The predicted molar refractivity (Wildman–Crippen MR) is 154 cm³/mol. The third-order valence-corrected chi connectivity index (χ3v) is 6.71. The van der Waals surface area contributed by atoms with E-state index in [1.807, 2.05) is 56.3 Å².